The Balaban J connectivity index is 2.18. The first-order valence-electron chi connectivity index (χ1n) is 6.64. The van der Waals surface area contributed by atoms with E-state index in [0.29, 0.717) is 13.0 Å². The van der Waals surface area contributed by atoms with Gasteiger partial charge in [0.2, 0.25) is 11.6 Å². The average molecular weight is 291 g/mol. The number of nitro groups is 1. The van der Waals surface area contributed by atoms with E-state index in [1.807, 2.05) is 19.9 Å². The molecule has 0 fully saturated rings. The topological polar surface area (TPSA) is 106 Å². The normalized spacial score (nSPS) is 11.9. The SMILES string of the molecule is CCNc1ncnc(NC(C)Cc2ccco2)c1[N+](=O)[O-]. The molecule has 2 N–H and O–H groups in total. The summed E-state index contributed by atoms with van der Waals surface area (Å²) in [6.45, 7) is 4.29. The molecule has 0 saturated carbocycles. The van der Waals surface area contributed by atoms with E-state index in [0.717, 1.165) is 5.76 Å². The van der Waals surface area contributed by atoms with Crippen molar-refractivity contribution in [2.75, 3.05) is 17.2 Å². The van der Waals surface area contributed by atoms with E-state index in [4.69, 9.17) is 4.42 Å². The molecule has 112 valence electrons. The minimum atomic E-state index is -0.486. The second-order valence-electron chi connectivity index (χ2n) is 4.54. The molecule has 0 amide bonds. The second-order valence-corrected chi connectivity index (χ2v) is 4.54. The molecule has 2 heterocycles. The van der Waals surface area contributed by atoms with Crippen LogP contribution in [0.2, 0.25) is 0 Å². The number of furan rings is 1. The maximum Gasteiger partial charge on any atom is 0.353 e. The molecule has 0 bridgehead atoms. The van der Waals surface area contributed by atoms with Crippen molar-refractivity contribution in [2.45, 2.75) is 26.3 Å². The predicted molar refractivity (Wildman–Crippen MR) is 78.3 cm³/mol. The van der Waals surface area contributed by atoms with Crippen LogP contribution in [0.25, 0.3) is 0 Å². The van der Waals surface area contributed by atoms with Crippen LogP contribution >= 0.6 is 0 Å². The molecule has 1 unspecified atom stereocenters. The molecule has 0 radical (unpaired) electrons. The molecule has 2 aromatic rings. The van der Waals surface area contributed by atoms with Gasteiger partial charge in [0.25, 0.3) is 0 Å². The van der Waals surface area contributed by atoms with E-state index in [9.17, 15) is 10.1 Å². The van der Waals surface area contributed by atoms with Crippen LogP contribution in [-0.4, -0.2) is 27.5 Å². The largest absolute Gasteiger partial charge is 0.469 e. The van der Waals surface area contributed by atoms with Gasteiger partial charge in [0.15, 0.2) is 0 Å². The summed E-state index contributed by atoms with van der Waals surface area (Å²) in [4.78, 5) is 18.6. The van der Waals surface area contributed by atoms with Crippen LogP contribution < -0.4 is 10.6 Å². The third-order valence-corrected chi connectivity index (χ3v) is 2.82. The molecular formula is C13H17N5O3. The summed E-state index contributed by atoms with van der Waals surface area (Å²) in [6.07, 6.45) is 3.50. The summed E-state index contributed by atoms with van der Waals surface area (Å²) in [5, 5.41) is 17.1. The number of aromatic nitrogens is 2. The molecule has 2 rings (SSSR count). The highest BCUT2D eigenvalue weighted by atomic mass is 16.6. The lowest BCUT2D eigenvalue weighted by atomic mass is 10.2. The zero-order chi connectivity index (χ0) is 15.2. The Morgan fingerprint density at radius 1 is 1.43 bits per heavy atom. The third kappa shape index (κ3) is 3.68. The van der Waals surface area contributed by atoms with Gasteiger partial charge in [0.05, 0.1) is 11.2 Å². The highest BCUT2D eigenvalue weighted by Crippen LogP contribution is 2.29. The summed E-state index contributed by atoms with van der Waals surface area (Å²) >= 11 is 0. The van der Waals surface area contributed by atoms with E-state index in [-0.39, 0.29) is 23.4 Å². The quantitative estimate of drug-likeness (QED) is 0.596. The maximum absolute atomic E-state index is 11.2. The zero-order valence-corrected chi connectivity index (χ0v) is 11.9. The summed E-state index contributed by atoms with van der Waals surface area (Å²) in [5.41, 5.74) is -0.148. The van der Waals surface area contributed by atoms with Gasteiger partial charge in [0, 0.05) is 19.0 Å². The average Bonchev–Trinajstić information content (AvgIpc) is 2.91. The molecule has 8 nitrogen and oxygen atoms in total. The highest BCUT2D eigenvalue weighted by Gasteiger charge is 2.23. The Morgan fingerprint density at radius 2 is 2.19 bits per heavy atom. The Bertz CT molecular complexity index is 600. The summed E-state index contributed by atoms with van der Waals surface area (Å²) in [6, 6.07) is 3.59. The van der Waals surface area contributed by atoms with E-state index in [1.54, 1.807) is 12.3 Å². The van der Waals surface area contributed by atoms with Crippen LogP contribution in [0.15, 0.2) is 29.1 Å². The van der Waals surface area contributed by atoms with Gasteiger partial charge in [-0.1, -0.05) is 0 Å². The summed E-state index contributed by atoms with van der Waals surface area (Å²) in [7, 11) is 0. The number of hydrogen-bond acceptors (Lipinski definition) is 7. The predicted octanol–water partition coefficient (Wildman–Crippen LogP) is 2.45. The fraction of sp³-hybridized carbons (Fsp3) is 0.385. The Hall–Kier alpha value is -2.64. The minimum Gasteiger partial charge on any atom is -0.469 e. The molecule has 21 heavy (non-hydrogen) atoms. The number of rotatable bonds is 7. The number of nitrogens with zero attached hydrogens (tertiary/aromatic N) is 3. The Morgan fingerprint density at radius 3 is 2.81 bits per heavy atom. The van der Waals surface area contributed by atoms with Gasteiger partial charge >= 0.3 is 5.69 Å². The first kappa shape index (κ1) is 14.8. The monoisotopic (exact) mass is 291 g/mol. The van der Waals surface area contributed by atoms with E-state index < -0.39 is 4.92 Å². The van der Waals surface area contributed by atoms with Crippen LogP contribution in [0.3, 0.4) is 0 Å². The Kier molecular flexibility index (Phi) is 4.70. The molecule has 0 saturated heterocycles. The molecule has 2 aromatic heterocycles. The van der Waals surface area contributed by atoms with Gasteiger partial charge in [-0.15, -0.1) is 0 Å². The van der Waals surface area contributed by atoms with Crippen molar-refractivity contribution in [3.8, 4) is 0 Å². The van der Waals surface area contributed by atoms with Crippen molar-refractivity contribution >= 4 is 17.3 Å². The molecule has 1 atom stereocenters. The van der Waals surface area contributed by atoms with E-state index in [2.05, 4.69) is 20.6 Å². The molecular weight excluding hydrogens is 274 g/mol. The van der Waals surface area contributed by atoms with Crippen LogP contribution in [-0.2, 0) is 6.42 Å². The van der Waals surface area contributed by atoms with Crippen LogP contribution in [0.5, 0.6) is 0 Å². The maximum atomic E-state index is 11.2. The van der Waals surface area contributed by atoms with Crippen molar-refractivity contribution < 1.29 is 9.34 Å². The van der Waals surface area contributed by atoms with Gasteiger partial charge < -0.3 is 15.1 Å². The van der Waals surface area contributed by atoms with Gasteiger partial charge in [-0.3, -0.25) is 10.1 Å². The molecule has 0 spiro atoms. The number of hydrogen-bond donors (Lipinski definition) is 2. The first-order valence-corrected chi connectivity index (χ1v) is 6.64. The van der Waals surface area contributed by atoms with Crippen molar-refractivity contribution in [1.82, 2.24) is 9.97 Å². The molecule has 0 aliphatic heterocycles. The lowest BCUT2D eigenvalue weighted by Crippen LogP contribution is -2.20. The van der Waals surface area contributed by atoms with Gasteiger partial charge in [-0.2, -0.15) is 0 Å². The van der Waals surface area contributed by atoms with Crippen molar-refractivity contribution in [1.29, 1.82) is 0 Å². The zero-order valence-electron chi connectivity index (χ0n) is 11.9. The number of anilines is 2. The number of nitrogens with one attached hydrogen (secondary N) is 2. The van der Waals surface area contributed by atoms with Gasteiger partial charge in [-0.05, 0) is 26.0 Å². The molecule has 0 aromatic carbocycles. The Labute approximate surface area is 121 Å². The lowest BCUT2D eigenvalue weighted by molar-refractivity contribution is -0.383. The third-order valence-electron chi connectivity index (χ3n) is 2.82. The minimum absolute atomic E-state index is 0.0702. The van der Waals surface area contributed by atoms with Crippen LogP contribution in [0.1, 0.15) is 19.6 Å². The van der Waals surface area contributed by atoms with Crippen molar-refractivity contribution in [3.63, 3.8) is 0 Å². The smallest absolute Gasteiger partial charge is 0.353 e. The fourth-order valence-corrected chi connectivity index (χ4v) is 1.97. The molecule has 0 aliphatic carbocycles. The van der Waals surface area contributed by atoms with Gasteiger partial charge in [0.1, 0.15) is 12.1 Å². The standard InChI is InChI=1S/C13H17N5O3/c1-3-14-12-11(18(19)20)13(16-8-15-12)17-9(2)7-10-5-4-6-21-10/h4-6,8-9H,3,7H2,1-2H3,(H2,14,15,16,17). The second kappa shape index (κ2) is 6.69. The van der Waals surface area contributed by atoms with Crippen molar-refractivity contribution in [2.24, 2.45) is 0 Å². The molecule has 8 heteroatoms. The summed E-state index contributed by atoms with van der Waals surface area (Å²) < 4.78 is 5.26. The van der Waals surface area contributed by atoms with Gasteiger partial charge in [-0.25, -0.2) is 9.97 Å². The van der Waals surface area contributed by atoms with E-state index in [1.165, 1.54) is 6.33 Å². The summed E-state index contributed by atoms with van der Waals surface area (Å²) in [5.74, 6) is 1.22. The van der Waals surface area contributed by atoms with Crippen LogP contribution in [0.4, 0.5) is 17.3 Å². The fourth-order valence-electron chi connectivity index (χ4n) is 1.97. The molecule has 0 aliphatic rings. The van der Waals surface area contributed by atoms with Crippen molar-refractivity contribution in [3.05, 3.63) is 40.6 Å². The first-order chi connectivity index (χ1) is 10.1. The van der Waals surface area contributed by atoms with E-state index >= 15 is 0 Å². The lowest BCUT2D eigenvalue weighted by Gasteiger charge is -2.14. The highest BCUT2D eigenvalue weighted by molar-refractivity contribution is 5.69. The van der Waals surface area contributed by atoms with Crippen LogP contribution in [0, 0.1) is 10.1 Å².